The minimum Gasteiger partial charge on any atom is -0.396 e. The molecule has 2 N–H and O–H groups in total. The Labute approximate surface area is 92.9 Å². The van der Waals surface area contributed by atoms with E-state index in [1.165, 1.54) is 12.8 Å². The van der Waals surface area contributed by atoms with Gasteiger partial charge in [0.15, 0.2) is 0 Å². The van der Waals surface area contributed by atoms with Gasteiger partial charge in [0.2, 0.25) is 0 Å². The summed E-state index contributed by atoms with van der Waals surface area (Å²) >= 11 is 1.84. The van der Waals surface area contributed by atoms with Crippen LogP contribution in [0.25, 0.3) is 0 Å². The van der Waals surface area contributed by atoms with Crippen LogP contribution in [0.2, 0.25) is 0 Å². The largest absolute Gasteiger partial charge is 0.396 e. The Morgan fingerprint density at radius 1 is 1.36 bits per heavy atom. The van der Waals surface area contributed by atoms with Crippen LogP contribution in [-0.4, -0.2) is 36.3 Å². The lowest BCUT2D eigenvalue weighted by molar-refractivity contribution is 0.267. The van der Waals surface area contributed by atoms with Gasteiger partial charge in [-0.1, -0.05) is 20.3 Å². The first-order valence-corrected chi connectivity index (χ1v) is 6.97. The van der Waals surface area contributed by atoms with Crippen molar-refractivity contribution in [3.8, 4) is 0 Å². The lowest BCUT2D eigenvalue weighted by atomic mass is 10.1. The maximum Gasteiger partial charge on any atom is 0.0446 e. The fourth-order valence-electron chi connectivity index (χ4n) is 1.56. The van der Waals surface area contributed by atoms with Crippen LogP contribution in [0.4, 0.5) is 0 Å². The Morgan fingerprint density at radius 2 is 2.07 bits per heavy atom. The molecule has 86 valence electrons. The Hall–Kier alpha value is 0.270. The molecule has 3 heteroatoms. The summed E-state index contributed by atoms with van der Waals surface area (Å²) in [7, 11) is 0. The summed E-state index contributed by atoms with van der Waals surface area (Å²) in [6, 6.07) is 0.481. The Bertz CT molecular complexity index is 116. The molecule has 0 bridgehead atoms. The minimum atomic E-state index is 0.292. The highest BCUT2D eigenvalue weighted by Gasteiger charge is 2.08. The van der Waals surface area contributed by atoms with Crippen molar-refractivity contribution in [3.63, 3.8) is 0 Å². The highest BCUT2D eigenvalue weighted by Crippen LogP contribution is 2.06. The first-order valence-electron chi connectivity index (χ1n) is 5.57. The van der Waals surface area contributed by atoms with Gasteiger partial charge in [0.1, 0.15) is 0 Å². The number of aliphatic hydroxyl groups excluding tert-OH is 1. The molecule has 0 rings (SSSR count). The summed E-state index contributed by atoms with van der Waals surface area (Å²) in [5.74, 6) is 1.85. The molecule has 0 spiro atoms. The Morgan fingerprint density at radius 3 is 2.57 bits per heavy atom. The fraction of sp³-hybridized carbons (Fsp3) is 1.00. The van der Waals surface area contributed by atoms with Crippen LogP contribution in [0.3, 0.4) is 0 Å². The highest BCUT2D eigenvalue weighted by molar-refractivity contribution is 7.98. The van der Waals surface area contributed by atoms with Crippen LogP contribution in [0.1, 0.15) is 33.1 Å². The third-order valence-electron chi connectivity index (χ3n) is 2.38. The van der Waals surface area contributed by atoms with Crippen LogP contribution < -0.4 is 5.32 Å². The zero-order valence-electron chi connectivity index (χ0n) is 9.75. The number of nitrogens with one attached hydrogen (secondary N) is 1. The fourth-order valence-corrected chi connectivity index (χ4v) is 2.25. The van der Waals surface area contributed by atoms with Gasteiger partial charge >= 0.3 is 0 Å². The first-order chi connectivity index (χ1) is 6.74. The van der Waals surface area contributed by atoms with Crippen molar-refractivity contribution in [2.75, 3.05) is 25.2 Å². The zero-order valence-corrected chi connectivity index (χ0v) is 10.6. The molecule has 0 aromatic rings. The van der Waals surface area contributed by atoms with Crippen molar-refractivity contribution < 1.29 is 5.11 Å². The van der Waals surface area contributed by atoms with Crippen molar-refractivity contribution in [1.29, 1.82) is 0 Å². The first kappa shape index (κ1) is 14.3. The number of aliphatic hydroxyl groups is 1. The summed E-state index contributed by atoms with van der Waals surface area (Å²) in [6.07, 6.45) is 5.54. The molecule has 0 fully saturated rings. The van der Waals surface area contributed by atoms with Crippen LogP contribution >= 0.6 is 11.8 Å². The summed E-state index contributed by atoms with van der Waals surface area (Å²) in [5, 5.41) is 12.4. The third kappa shape index (κ3) is 7.65. The summed E-state index contributed by atoms with van der Waals surface area (Å²) in [5.41, 5.74) is 0. The lowest BCUT2D eigenvalue weighted by Crippen LogP contribution is -2.35. The second-order valence-corrected chi connectivity index (χ2v) is 4.88. The van der Waals surface area contributed by atoms with Crippen LogP contribution in [-0.2, 0) is 0 Å². The molecule has 0 aliphatic carbocycles. The van der Waals surface area contributed by atoms with E-state index in [0.717, 1.165) is 24.6 Å². The molecule has 0 aromatic carbocycles. The molecule has 14 heavy (non-hydrogen) atoms. The monoisotopic (exact) mass is 219 g/mol. The van der Waals surface area contributed by atoms with Crippen molar-refractivity contribution in [2.24, 2.45) is 5.92 Å². The molecule has 0 heterocycles. The molecule has 0 saturated carbocycles. The van der Waals surface area contributed by atoms with Crippen molar-refractivity contribution in [2.45, 2.75) is 39.2 Å². The van der Waals surface area contributed by atoms with E-state index in [0.29, 0.717) is 12.6 Å². The van der Waals surface area contributed by atoms with Gasteiger partial charge in [0, 0.05) is 18.4 Å². The predicted octanol–water partition coefficient (Wildman–Crippen LogP) is 2.13. The third-order valence-corrected chi connectivity index (χ3v) is 3.12. The van der Waals surface area contributed by atoms with E-state index in [4.69, 9.17) is 5.11 Å². The lowest BCUT2D eigenvalue weighted by Gasteiger charge is -2.19. The second kappa shape index (κ2) is 9.81. The second-order valence-electron chi connectivity index (χ2n) is 3.97. The average Bonchev–Trinajstić information content (AvgIpc) is 2.15. The van der Waals surface area contributed by atoms with Crippen LogP contribution in [0.5, 0.6) is 0 Å². The van der Waals surface area contributed by atoms with Gasteiger partial charge in [-0.25, -0.2) is 0 Å². The predicted molar refractivity (Wildman–Crippen MR) is 65.9 cm³/mol. The minimum absolute atomic E-state index is 0.292. The standard InChI is InChI=1S/C11H25NOS/c1-4-5-10(2)8-12-11(6-7-13)9-14-3/h10-13H,4-9H2,1-3H3. The normalized spacial score (nSPS) is 15.4. The summed E-state index contributed by atoms with van der Waals surface area (Å²) in [4.78, 5) is 0. The van der Waals surface area contributed by atoms with Gasteiger partial charge < -0.3 is 10.4 Å². The van der Waals surface area contributed by atoms with Crippen LogP contribution in [0.15, 0.2) is 0 Å². The van der Waals surface area contributed by atoms with Gasteiger partial charge in [-0.2, -0.15) is 11.8 Å². The van der Waals surface area contributed by atoms with E-state index in [1.54, 1.807) is 0 Å². The van der Waals surface area contributed by atoms with Gasteiger partial charge in [-0.3, -0.25) is 0 Å². The molecule has 2 nitrogen and oxygen atoms in total. The van der Waals surface area contributed by atoms with Crippen molar-refractivity contribution in [1.82, 2.24) is 5.32 Å². The molecule has 0 aliphatic rings. The van der Waals surface area contributed by atoms with Gasteiger partial charge in [0.05, 0.1) is 0 Å². The number of rotatable bonds is 9. The van der Waals surface area contributed by atoms with E-state index < -0.39 is 0 Å². The molecular weight excluding hydrogens is 194 g/mol. The molecule has 0 aliphatic heterocycles. The van der Waals surface area contributed by atoms with Gasteiger partial charge in [-0.15, -0.1) is 0 Å². The van der Waals surface area contributed by atoms with E-state index >= 15 is 0 Å². The average molecular weight is 219 g/mol. The van der Waals surface area contributed by atoms with Crippen molar-refractivity contribution in [3.05, 3.63) is 0 Å². The van der Waals surface area contributed by atoms with E-state index in [1.807, 2.05) is 11.8 Å². The van der Waals surface area contributed by atoms with Crippen molar-refractivity contribution >= 4 is 11.8 Å². The van der Waals surface area contributed by atoms with E-state index in [9.17, 15) is 0 Å². The Kier molecular flexibility index (Phi) is 10.0. The van der Waals surface area contributed by atoms with Gasteiger partial charge in [0.25, 0.3) is 0 Å². The summed E-state index contributed by atoms with van der Waals surface area (Å²) < 4.78 is 0. The zero-order chi connectivity index (χ0) is 10.8. The smallest absolute Gasteiger partial charge is 0.0446 e. The SMILES string of the molecule is CCCC(C)CNC(CCO)CSC. The quantitative estimate of drug-likeness (QED) is 0.623. The van der Waals surface area contributed by atoms with Crippen LogP contribution in [0, 0.1) is 5.92 Å². The molecule has 0 radical (unpaired) electrons. The molecular formula is C11H25NOS. The molecule has 0 saturated heterocycles. The summed E-state index contributed by atoms with van der Waals surface area (Å²) in [6.45, 7) is 5.88. The number of hydrogen-bond acceptors (Lipinski definition) is 3. The van der Waals surface area contributed by atoms with Gasteiger partial charge in [-0.05, 0) is 31.6 Å². The van der Waals surface area contributed by atoms with E-state index in [-0.39, 0.29) is 0 Å². The molecule has 2 atom stereocenters. The molecule has 0 amide bonds. The molecule has 2 unspecified atom stereocenters. The molecule has 0 aromatic heterocycles. The maximum absolute atomic E-state index is 8.88. The maximum atomic E-state index is 8.88. The van der Waals surface area contributed by atoms with E-state index in [2.05, 4.69) is 25.4 Å². The number of thioether (sulfide) groups is 1. The topological polar surface area (TPSA) is 32.3 Å². The Balaban J connectivity index is 3.57. The number of hydrogen-bond donors (Lipinski definition) is 2. The highest BCUT2D eigenvalue weighted by atomic mass is 32.2.